The highest BCUT2D eigenvalue weighted by molar-refractivity contribution is 7.89. The predicted molar refractivity (Wildman–Crippen MR) is 76.3 cm³/mol. The number of nitrogens with one attached hydrogen (secondary N) is 1. The van der Waals surface area contributed by atoms with Crippen LogP contribution in [0.5, 0.6) is 0 Å². The van der Waals surface area contributed by atoms with Crippen molar-refractivity contribution < 1.29 is 8.42 Å². The fourth-order valence-electron chi connectivity index (χ4n) is 2.32. The second-order valence-corrected chi connectivity index (χ2v) is 6.71. The van der Waals surface area contributed by atoms with Gasteiger partial charge in [-0.15, -0.1) is 0 Å². The van der Waals surface area contributed by atoms with Crippen LogP contribution in [0, 0.1) is 6.92 Å². The molecule has 0 aliphatic carbocycles. The molecule has 0 unspecified atom stereocenters. The van der Waals surface area contributed by atoms with E-state index in [4.69, 9.17) is 0 Å². The summed E-state index contributed by atoms with van der Waals surface area (Å²) in [7, 11) is -3.48. The smallest absolute Gasteiger partial charge is 0.246 e. The van der Waals surface area contributed by atoms with E-state index < -0.39 is 10.0 Å². The first-order valence-electron chi connectivity index (χ1n) is 6.61. The molecular formula is C12H16N6O2S. The Morgan fingerprint density at radius 3 is 2.38 bits per heavy atom. The van der Waals surface area contributed by atoms with Crippen LogP contribution in [-0.4, -0.2) is 59.1 Å². The van der Waals surface area contributed by atoms with Crippen LogP contribution in [0.4, 0.5) is 5.95 Å². The fraction of sp³-hybridized carbons (Fsp3) is 0.417. The number of piperazine rings is 1. The Kier molecular flexibility index (Phi) is 3.60. The minimum Gasteiger partial charge on any atom is -0.338 e. The van der Waals surface area contributed by atoms with Crippen LogP contribution in [0.15, 0.2) is 29.6 Å². The molecule has 0 amide bonds. The monoisotopic (exact) mass is 308 g/mol. The molecule has 0 aromatic carbocycles. The summed E-state index contributed by atoms with van der Waals surface area (Å²) in [6.45, 7) is 3.66. The van der Waals surface area contributed by atoms with Crippen molar-refractivity contribution in [2.75, 3.05) is 31.1 Å². The lowest BCUT2D eigenvalue weighted by molar-refractivity contribution is 0.382. The third kappa shape index (κ3) is 2.61. The standard InChI is InChI=1S/C12H16N6O2S/c1-10-11(9-15-16-10)21(19,20)18-7-5-17(6-8-18)12-13-3-2-4-14-12/h2-4,9H,5-8H2,1H3,(H,15,16). The number of anilines is 1. The molecule has 1 aliphatic heterocycles. The highest BCUT2D eigenvalue weighted by atomic mass is 32.2. The Bertz CT molecular complexity index is 706. The van der Waals surface area contributed by atoms with E-state index in [1.165, 1.54) is 10.5 Å². The van der Waals surface area contributed by atoms with Gasteiger partial charge in [0.25, 0.3) is 0 Å². The molecule has 0 spiro atoms. The van der Waals surface area contributed by atoms with Crippen LogP contribution in [-0.2, 0) is 10.0 Å². The summed E-state index contributed by atoms with van der Waals surface area (Å²) in [5.41, 5.74) is 0.559. The minimum atomic E-state index is -3.48. The topological polar surface area (TPSA) is 95.1 Å². The second-order valence-electron chi connectivity index (χ2n) is 4.80. The van der Waals surface area contributed by atoms with Gasteiger partial charge in [-0.2, -0.15) is 9.40 Å². The summed E-state index contributed by atoms with van der Waals surface area (Å²) in [5, 5.41) is 6.45. The Morgan fingerprint density at radius 1 is 1.14 bits per heavy atom. The van der Waals surface area contributed by atoms with E-state index in [9.17, 15) is 8.42 Å². The number of nitrogens with zero attached hydrogens (tertiary/aromatic N) is 5. The third-order valence-corrected chi connectivity index (χ3v) is 5.49. The van der Waals surface area contributed by atoms with E-state index in [0.29, 0.717) is 37.8 Å². The SMILES string of the molecule is Cc1[nH]ncc1S(=O)(=O)N1CCN(c2ncccn2)CC1. The van der Waals surface area contributed by atoms with Crippen LogP contribution in [0.25, 0.3) is 0 Å². The number of aromatic amines is 1. The zero-order valence-electron chi connectivity index (χ0n) is 11.6. The van der Waals surface area contributed by atoms with Crippen molar-refractivity contribution in [2.24, 2.45) is 0 Å². The number of aryl methyl sites for hydroxylation is 1. The third-order valence-electron chi connectivity index (χ3n) is 3.48. The highest BCUT2D eigenvalue weighted by Crippen LogP contribution is 2.20. The number of hydrogen-bond acceptors (Lipinski definition) is 6. The lowest BCUT2D eigenvalue weighted by Crippen LogP contribution is -2.49. The maximum absolute atomic E-state index is 12.5. The maximum Gasteiger partial charge on any atom is 0.246 e. The first kappa shape index (κ1) is 14.0. The number of H-pyrrole nitrogens is 1. The Labute approximate surface area is 122 Å². The molecule has 0 bridgehead atoms. The van der Waals surface area contributed by atoms with Crippen molar-refractivity contribution in [3.63, 3.8) is 0 Å². The molecule has 3 heterocycles. The Morgan fingerprint density at radius 2 is 1.81 bits per heavy atom. The molecule has 112 valence electrons. The quantitative estimate of drug-likeness (QED) is 0.859. The summed E-state index contributed by atoms with van der Waals surface area (Å²) in [5.74, 6) is 0.633. The van der Waals surface area contributed by atoms with Gasteiger partial charge >= 0.3 is 0 Å². The molecule has 3 rings (SSSR count). The van der Waals surface area contributed by atoms with Crippen molar-refractivity contribution in [1.29, 1.82) is 0 Å². The molecular weight excluding hydrogens is 292 g/mol. The van der Waals surface area contributed by atoms with Crippen molar-refractivity contribution in [2.45, 2.75) is 11.8 Å². The Hall–Kier alpha value is -2.00. The van der Waals surface area contributed by atoms with E-state index >= 15 is 0 Å². The van der Waals surface area contributed by atoms with Gasteiger partial charge in [0.2, 0.25) is 16.0 Å². The average Bonchev–Trinajstić information content (AvgIpc) is 2.95. The van der Waals surface area contributed by atoms with Gasteiger partial charge in [-0.3, -0.25) is 5.10 Å². The Balaban J connectivity index is 1.73. The van der Waals surface area contributed by atoms with Crippen molar-refractivity contribution in [1.82, 2.24) is 24.5 Å². The van der Waals surface area contributed by atoms with Crippen molar-refractivity contribution in [3.8, 4) is 0 Å². The normalized spacial score (nSPS) is 17.1. The van der Waals surface area contributed by atoms with Crippen LogP contribution >= 0.6 is 0 Å². The van der Waals surface area contributed by atoms with E-state index in [0.717, 1.165) is 0 Å². The molecule has 9 heteroatoms. The summed E-state index contributed by atoms with van der Waals surface area (Å²) in [6, 6.07) is 1.76. The highest BCUT2D eigenvalue weighted by Gasteiger charge is 2.31. The van der Waals surface area contributed by atoms with Gasteiger partial charge in [0.15, 0.2) is 0 Å². The zero-order chi connectivity index (χ0) is 14.9. The van der Waals surface area contributed by atoms with Crippen LogP contribution in [0.1, 0.15) is 5.69 Å². The zero-order valence-corrected chi connectivity index (χ0v) is 12.4. The summed E-state index contributed by atoms with van der Waals surface area (Å²) < 4.78 is 26.5. The molecule has 1 saturated heterocycles. The molecule has 1 N–H and O–H groups in total. The van der Waals surface area contributed by atoms with Crippen LogP contribution < -0.4 is 4.90 Å². The van der Waals surface area contributed by atoms with Gasteiger partial charge in [-0.25, -0.2) is 18.4 Å². The summed E-state index contributed by atoms with van der Waals surface area (Å²) in [6.07, 6.45) is 4.72. The molecule has 1 fully saturated rings. The largest absolute Gasteiger partial charge is 0.338 e. The van der Waals surface area contributed by atoms with E-state index in [1.807, 2.05) is 4.90 Å². The van der Waals surface area contributed by atoms with Gasteiger partial charge in [-0.1, -0.05) is 0 Å². The fourth-order valence-corrected chi connectivity index (χ4v) is 3.86. The predicted octanol–water partition coefficient (Wildman–Crippen LogP) is 0.0190. The number of aromatic nitrogens is 4. The van der Waals surface area contributed by atoms with Crippen LogP contribution in [0.2, 0.25) is 0 Å². The molecule has 0 saturated carbocycles. The van der Waals surface area contributed by atoms with Gasteiger partial charge in [-0.05, 0) is 13.0 Å². The molecule has 21 heavy (non-hydrogen) atoms. The summed E-state index contributed by atoms with van der Waals surface area (Å²) in [4.78, 5) is 10.6. The lowest BCUT2D eigenvalue weighted by atomic mass is 10.4. The number of sulfonamides is 1. The first-order valence-corrected chi connectivity index (χ1v) is 8.05. The molecule has 2 aromatic heterocycles. The molecule has 1 aliphatic rings. The number of hydrogen-bond donors (Lipinski definition) is 1. The van der Waals surface area contributed by atoms with Gasteiger partial charge in [0.05, 0.1) is 11.9 Å². The number of rotatable bonds is 3. The van der Waals surface area contributed by atoms with E-state index in [1.54, 1.807) is 25.4 Å². The maximum atomic E-state index is 12.5. The van der Waals surface area contributed by atoms with E-state index in [2.05, 4.69) is 20.2 Å². The molecule has 8 nitrogen and oxygen atoms in total. The lowest BCUT2D eigenvalue weighted by Gasteiger charge is -2.33. The molecule has 0 atom stereocenters. The molecule has 2 aromatic rings. The molecule has 0 radical (unpaired) electrons. The van der Waals surface area contributed by atoms with Crippen molar-refractivity contribution >= 4 is 16.0 Å². The van der Waals surface area contributed by atoms with Gasteiger partial charge in [0.1, 0.15) is 4.90 Å². The van der Waals surface area contributed by atoms with Gasteiger partial charge < -0.3 is 4.90 Å². The van der Waals surface area contributed by atoms with E-state index in [-0.39, 0.29) is 4.90 Å². The average molecular weight is 308 g/mol. The van der Waals surface area contributed by atoms with Gasteiger partial charge in [0, 0.05) is 38.6 Å². The second kappa shape index (κ2) is 5.41. The first-order chi connectivity index (χ1) is 10.1. The minimum absolute atomic E-state index is 0.243. The summed E-state index contributed by atoms with van der Waals surface area (Å²) >= 11 is 0. The van der Waals surface area contributed by atoms with Crippen molar-refractivity contribution in [3.05, 3.63) is 30.4 Å². The van der Waals surface area contributed by atoms with Crippen LogP contribution in [0.3, 0.4) is 0 Å².